The van der Waals surface area contributed by atoms with Crippen LogP contribution in [0.5, 0.6) is 5.75 Å². The van der Waals surface area contributed by atoms with Crippen molar-refractivity contribution < 1.29 is 18.3 Å². The first-order valence-electron chi connectivity index (χ1n) is 5.66. The molecule has 4 nitrogen and oxygen atoms in total. The van der Waals surface area contributed by atoms with Crippen LogP contribution in [0.1, 0.15) is 6.42 Å². The highest BCUT2D eigenvalue weighted by atomic mass is 79.9. The number of benzene rings is 1. The second-order valence-corrected chi connectivity index (χ2v) is 4.72. The van der Waals surface area contributed by atoms with Gasteiger partial charge in [-0.05, 0) is 28.1 Å². The first-order chi connectivity index (χ1) is 8.94. The Kier molecular flexibility index (Phi) is 6.17. The van der Waals surface area contributed by atoms with Gasteiger partial charge in [-0.25, -0.2) is 8.78 Å². The first kappa shape index (κ1) is 15.8. The molecule has 0 saturated heterocycles. The van der Waals surface area contributed by atoms with E-state index in [0.717, 1.165) is 4.47 Å². The highest BCUT2D eigenvalue weighted by Gasteiger charge is 2.26. The van der Waals surface area contributed by atoms with Crippen LogP contribution in [0.3, 0.4) is 0 Å². The summed E-state index contributed by atoms with van der Waals surface area (Å²) in [4.78, 5) is 11.3. The first-order valence-corrected chi connectivity index (χ1v) is 6.46. The molecule has 3 N–H and O–H groups in total. The fourth-order valence-corrected chi connectivity index (χ4v) is 1.60. The molecule has 0 unspecified atom stereocenters. The molecule has 106 valence electrons. The maximum absolute atomic E-state index is 12.8. The number of hydrogen-bond acceptors (Lipinski definition) is 3. The Morgan fingerprint density at radius 3 is 2.74 bits per heavy atom. The molecular formula is C12H15BrF2N2O2. The minimum atomic E-state index is -3.07. The van der Waals surface area contributed by atoms with Gasteiger partial charge in [0.15, 0.2) is 0 Å². The van der Waals surface area contributed by atoms with Gasteiger partial charge in [0.1, 0.15) is 5.75 Å². The molecule has 0 radical (unpaired) electrons. The average Bonchev–Trinajstić information content (AvgIpc) is 2.39. The van der Waals surface area contributed by atoms with Gasteiger partial charge in [0, 0.05) is 0 Å². The van der Waals surface area contributed by atoms with Crippen molar-refractivity contribution in [1.29, 1.82) is 0 Å². The van der Waals surface area contributed by atoms with Crippen LogP contribution in [-0.4, -0.2) is 31.5 Å². The predicted molar refractivity (Wildman–Crippen MR) is 71.3 cm³/mol. The zero-order chi connectivity index (χ0) is 14.3. The van der Waals surface area contributed by atoms with Gasteiger partial charge in [0.05, 0.1) is 30.6 Å². The summed E-state index contributed by atoms with van der Waals surface area (Å²) in [5, 5.41) is 2.11. The smallest absolute Gasteiger partial charge is 0.277 e. The maximum atomic E-state index is 12.8. The van der Waals surface area contributed by atoms with Crippen LogP contribution in [0.15, 0.2) is 28.7 Å². The quantitative estimate of drug-likeness (QED) is 0.799. The van der Waals surface area contributed by atoms with Crippen molar-refractivity contribution in [2.75, 3.05) is 19.7 Å². The largest absolute Gasteiger partial charge is 0.492 e. The number of carbonyl (C=O) groups is 1. The molecule has 1 aromatic rings. The monoisotopic (exact) mass is 336 g/mol. The van der Waals surface area contributed by atoms with Crippen LogP contribution in [0, 0.1) is 0 Å². The number of nitrogens with one attached hydrogen (secondary N) is 1. The zero-order valence-electron chi connectivity index (χ0n) is 10.2. The Morgan fingerprint density at radius 2 is 2.11 bits per heavy atom. The lowest BCUT2D eigenvalue weighted by Crippen LogP contribution is -2.41. The van der Waals surface area contributed by atoms with Crippen molar-refractivity contribution >= 4 is 21.8 Å². The van der Waals surface area contributed by atoms with Crippen molar-refractivity contribution in [3.8, 4) is 5.75 Å². The third-order valence-electron chi connectivity index (χ3n) is 2.27. The number of rotatable bonds is 7. The van der Waals surface area contributed by atoms with E-state index in [2.05, 4.69) is 21.2 Å². The topological polar surface area (TPSA) is 64.3 Å². The Labute approximate surface area is 118 Å². The van der Waals surface area contributed by atoms with Gasteiger partial charge < -0.3 is 15.8 Å². The molecule has 0 atom stereocenters. The normalized spacial score (nSPS) is 11.2. The summed E-state index contributed by atoms with van der Waals surface area (Å²) in [7, 11) is 0. The molecule has 1 amide bonds. The van der Waals surface area contributed by atoms with E-state index in [1.807, 2.05) is 6.07 Å². The van der Waals surface area contributed by atoms with Gasteiger partial charge in [-0.3, -0.25) is 4.79 Å². The van der Waals surface area contributed by atoms with Crippen molar-refractivity contribution in [1.82, 2.24) is 5.32 Å². The molecule has 1 aromatic carbocycles. The number of para-hydroxylation sites is 1. The maximum Gasteiger partial charge on any atom is 0.277 e. The SMILES string of the molecule is NCC(F)(F)CNC(=O)CCOc1ccccc1Br. The Balaban J connectivity index is 2.26. The van der Waals surface area contributed by atoms with Crippen LogP contribution >= 0.6 is 15.9 Å². The molecule has 0 aromatic heterocycles. The van der Waals surface area contributed by atoms with Gasteiger partial charge in [0.25, 0.3) is 5.92 Å². The van der Waals surface area contributed by atoms with Gasteiger partial charge in [-0.1, -0.05) is 12.1 Å². The molecule has 1 rings (SSSR count). The van der Waals surface area contributed by atoms with Gasteiger partial charge >= 0.3 is 0 Å². The number of alkyl halides is 2. The van der Waals surface area contributed by atoms with Crippen LogP contribution in [0.4, 0.5) is 8.78 Å². The number of carbonyl (C=O) groups excluding carboxylic acids is 1. The minimum Gasteiger partial charge on any atom is -0.492 e. The van der Waals surface area contributed by atoms with E-state index in [4.69, 9.17) is 10.5 Å². The summed E-state index contributed by atoms with van der Waals surface area (Å²) in [6, 6.07) is 7.17. The fraction of sp³-hybridized carbons (Fsp3) is 0.417. The lowest BCUT2D eigenvalue weighted by atomic mass is 10.3. The third kappa shape index (κ3) is 5.98. The zero-order valence-corrected chi connectivity index (χ0v) is 11.8. The lowest BCUT2D eigenvalue weighted by Gasteiger charge is -2.14. The molecule has 0 fully saturated rings. The van der Waals surface area contributed by atoms with Gasteiger partial charge in [0.2, 0.25) is 5.91 Å². The van der Waals surface area contributed by atoms with E-state index in [-0.39, 0.29) is 13.0 Å². The second-order valence-electron chi connectivity index (χ2n) is 3.87. The van der Waals surface area contributed by atoms with E-state index >= 15 is 0 Å². The number of nitrogens with two attached hydrogens (primary N) is 1. The molecule has 19 heavy (non-hydrogen) atoms. The van der Waals surface area contributed by atoms with Crippen molar-refractivity contribution in [2.45, 2.75) is 12.3 Å². The minimum absolute atomic E-state index is 0.00197. The Morgan fingerprint density at radius 1 is 1.42 bits per heavy atom. The van der Waals surface area contributed by atoms with Crippen LogP contribution in [-0.2, 0) is 4.79 Å². The van der Waals surface area contributed by atoms with Crippen LogP contribution in [0.25, 0.3) is 0 Å². The van der Waals surface area contributed by atoms with Crippen LogP contribution < -0.4 is 15.8 Å². The molecule has 0 heterocycles. The highest BCUT2D eigenvalue weighted by molar-refractivity contribution is 9.10. The second kappa shape index (κ2) is 7.40. The molecule has 0 spiro atoms. The molecule has 0 aliphatic rings. The Bertz CT molecular complexity index is 430. The number of amides is 1. The Hall–Kier alpha value is -1.21. The summed E-state index contributed by atoms with van der Waals surface area (Å²) >= 11 is 3.29. The standard InChI is InChI=1S/C12H15BrF2N2O2/c13-9-3-1-2-4-10(9)19-6-5-11(18)17-8-12(14,15)7-16/h1-4H,5-8,16H2,(H,17,18). The summed E-state index contributed by atoms with van der Waals surface area (Å²) in [5.74, 6) is -2.97. The van der Waals surface area contributed by atoms with Crippen molar-refractivity contribution in [3.63, 3.8) is 0 Å². The van der Waals surface area contributed by atoms with Gasteiger partial charge in [-0.2, -0.15) is 0 Å². The van der Waals surface area contributed by atoms with E-state index in [0.29, 0.717) is 5.75 Å². The van der Waals surface area contributed by atoms with Crippen LogP contribution in [0.2, 0.25) is 0 Å². The third-order valence-corrected chi connectivity index (χ3v) is 2.92. The number of halogens is 3. The lowest BCUT2D eigenvalue weighted by molar-refractivity contribution is -0.123. The highest BCUT2D eigenvalue weighted by Crippen LogP contribution is 2.23. The van der Waals surface area contributed by atoms with Crippen molar-refractivity contribution in [2.24, 2.45) is 5.73 Å². The fourth-order valence-electron chi connectivity index (χ4n) is 1.20. The van der Waals surface area contributed by atoms with Gasteiger partial charge in [-0.15, -0.1) is 0 Å². The van der Waals surface area contributed by atoms with E-state index in [1.54, 1.807) is 18.2 Å². The molecule has 0 bridgehead atoms. The molecular weight excluding hydrogens is 322 g/mol. The molecule has 0 aliphatic carbocycles. The average molecular weight is 337 g/mol. The number of hydrogen-bond donors (Lipinski definition) is 2. The number of ether oxygens (including phenoxy) is 1. The van der Waals surface area contributed by atoms with Crippen molar-refractivity contribution in [3.05, 3.63) is 28.7 Å². The predicted octanol–water partition coefficient (Wildman–Crippen LogP) is 1.93. The molecule has 0 saturated carbocycles. The summed E-state index contributed by atoms with van der Waals surface area (Å²) in [5.41, 5.74) is 4.85. The summed E-state index contributed by atoms with van der Waals surface area (Å²) in [6.07, 6.45) is 0.00197. The van der Waals surface area contributed by atoms with E-state index in [1.165, 1.54) is 0 Å². The summed E-state index contributed by atoms with van der Waals surface area (Å²) in [6.45, 7) is -1.43. The summed E-state index contributed by atoms with van der Waals surface area (Å²) < 4.78 is 31.7. The molecule has 7 heteroatoms. The van der Waals surface area contributed by atoms with E-state index < -0.39 is 24.9 Å². The van der Waals surface area contributed by atoms with E-state index in [9.17, 15) is 13.6 Å². The molecule has 0 aliphatic heterocycles.